The maximum Gasteiger partial charge on any atom is 0.140 e. The smallest absolute Gasteiger partial charge is 0.140 e. The van der Waals surface area contributed by atoms with E-state index in [1.54, 1.807) is 18.0 Å². The first kappa shape index (κ1) is 13.8. The van der Waals surface area contributed by atoms with Crippen molar-refractivity contribution >= 4 is 40.5 Å². The number of aryl methyl sites for hydroxylation is 1. The van der Waals surface area contributed by atoms with Crippen LogP contribution in [0, 0.1) is 6.92 Å². The van der Waals surface area contributed by atoms with Crippen LogP contribution in [0.25, 0.3) is 0 Å². The van der Waals surface area contributed by atoms with Crippen LogP contribution >= 0.6 is 24.0 Å². The van der Waals surface area contributed by atoms with Crippen LogP contribution in [0.15, 0.2) is 41.4 Å². The van der Waals surface area contributed by atoms with Crippen LogP contribution in [0.3, 0.4) is 0 Å². The third kappa shape index (κ3) is 3.24. The fraction of sp³-hybridized carbons (Fsp3) is 0.143. The van der Waals surface area contributed by atoms with E-state index in [4.69, 9.17) is 18.0 Å². The Morgan fingerprint density at radius 1 is 1.26 bits per heavy atom. The van der Waals surface area contributed by atoms with Gasteiger partial charge < -0.3 is 11.1 Å². The lowest BCUT2D eigenvalue weighted by atomic mass is 10.1. The summed E-state index contributed by atoms with van der Waals surface area (Å²) < 4.78 is 0. The van der Waals surface area contributed by atoms with Crippen molar-refractivity contribution in [3.05, 3.63) is 47.7 Å². The predicted octanol–water partition coefficient (Wildman–Crippen LogP) is 3.49. The number of rotatable bonds is 4. The molecule has 0 aliphatic rings. The normalized spacial score (nSPS) is 10.2. The molecule has 0 saturated heterocycles. The zero-order chi connectivity index (χ0) is 13.8. The molecule has 0 amide bonds. The number of pyridine rings is 1. The summed E-state index contributed by atoms with van der Waals surface area (Å²) in [6.07, 6.45) is 3.80. The first-order valence-corrected chi connectivity index (χ1v) is 7.41. The highest BCUT2D eigenvalue weighted by atomic mass is 32.2. The topological polar surface area (TPSA) is 50.9 Å². The van der Waals surface area contributed by atoms with E-state index in [2.05, 4.69) is 28.7 Å². The molecule has 1 heterocycles. The highest BCUT2D eigenvalue weighted by Gasteiger charge is 2.09. The highest BCUT2D eigenvalue weighted by molar-refractivity contribution is 7.98. The van der Waals surface area contributed by atoms with E-state index < -0.39 is 0 Å². The molecular formula is C14H15N3S2. The van der Waals surface area contributed by atoms with Crippen molar-refractivity contribution in [1.29, 1.82) is 0 Å². The Morgan fingerprint density at radius 2 is 1.95 bits per heavy atom. The molecule has 0 aliphatic carbocycles. The molecule has 1 aromatic heterocycles. The number of thiocarbonyl (C=S) groups is 1. The Hall–Kier alpha value is -1.59. The van der Waals surface area contributed by atoms with Crippen LogP contribution in [0.5, 0.6) is 0 Å². The van der Waals surface area contributed by atoms with E-state index in [9.17, 15) is 0 Å². The molecular weight excluding hydrogens is 274 g/mol. The minimum atomic E-state index is 0.355. The van der Waals surface area contributed by atoms with Crippen molar-refractivity contribution < 1.29 is 0 Å². The maximum atomic E-state index is 5.76. The number of nitrogens with two attached hydrogens (primary N) is 1. The van der Waals surface area contributed by atoms with Gasteiger partial charge in [0.1, 0.15) is 10.8 Å². The van der Waals surface area contributed by atoms with Crippen molar-refractivity contribution in [2.45, 2.75) is 11.8 Å². The van der Waals surface area contributed by atoms with Gasteiger partial charge in [-0.3, -0.25) is 0 Å². The van der Waals surface area contributed by atoms with Crippen molar-refractivity contribution in [2.75, 3.05) is 11.6 Å². The maximum absolute atomic E-state index is 5.76. The second-order valence-corrected chi connectivity index (χ2v) is 5.39. The Labute approximate surface area is 122 Å². The van der Waals surface area contributed by atoms with Crippen LogP contribution in [0.2, 0.25) is 0 Å². The van der Waals surface area contributed by atoms with Gasteiger partial charge in [-0.05, 0) is 49.1 Å². The van der Waals surface area contributed by atoms with Gasteiger partial charge in [0, 0.05) is 16.8 Å². The first-order valence-electron chi connectivity index (χ1n) is 5.78. The van der Waals surface area contributed by atoms with E-state index in [1.165, 1.54) is 4.90 Å². The van der Waals surface area contributed by atoms with E-state index >= 15 is 0 Å². The van der Waals surface area contributed by atoms with E-state index in [-0.39, 0.29) is 0 Å². The SMILES string of the molecule is CSc1ccc(Nc2nccc(C)c2C(N)=S)cc1. The number of hydrogen-bond donors (Lipinski definition) is 2. The van der Waals surface area contributed by atoms with E-state index in [0.29, 0.717) is 10.8 Å². The second kappa shape index (κ2) is 6.04. The fourth-order valence-electron chi connectivity index (χ4n) is 1.78. The van der Waals surface area contributed by atoms with Crippen molar-refractivity contribution in [2.24, 2.45) is 5.73 Å². The molecule has 0 spiro atoms. The minimum Gasteiger partial charge on any atom is -0.389 e. The number of aromatic nitrogens is 1. The van der Waals surface area contributed by atoms with Gasteiger partial charge >= 0.3 is 0 Å². The first-order chi connectivity index (χ1) is 9.11. The van der Waals surface area contributed by atoms with Crippen LogP contribution < -0.4 is 11.1 Å². The van der Waals surface area contributed by atoms with Gasteiger partial charge in [0.2, 0.25) is 0 Å². The average molecular weight is 289 g/mol. The largest absolute Gasteiger partial charge is 0.389 e. The Morgan fingerprint density at radius 3 is 2.53 bits per heavy atom. The zero-order valence-electron chi connectivity index (χ0n) is 10.8. The van der Waals surface area contributed by atoms with Crippen LogP contribution in [0.1, 0.15) is 11.1 Å². The van der Waals surface area contributed by atoms with Gasteiger partial charge in [0.25, 0.3) is 0 Å². The number of anilines is 2. The molecule has 98 valence electrons. The summed E-state index contributed by atoms with van der Waals surface area (Å²) in [5, 5.41) is 3.26. The number of nitrogens with one attached hydrogen (secondary N) is 1. The molecule has 3 nitrogen and oxygen atoms in total. The number of thioether (sulfide) groups is 1. The molecule has 3 N–H and O–H groups in total. The molecule has 0 bridgehead atoms. The summed E-state index contributed by atoms with van der Waals surface area (Å²) in [5.74, 6) is 0.699. The summed E-state index contributed by atoms with van der Waals surface area (Å²) in [6.45, 7) is 1.97. The molecule has 19 heavy (non-hydrogen) atoms. The summed E-state index contributed by atoms with van der Waals surface area (Å²) in [4.78, 5) is 5.89. The van der Waals surface area contributed by atoms with Gasteiger partial charge in [-0.2, -0.15) is 0 Å². The third-order valence-corrected chi connectivity index (χ3v) is 3.71. The van der Waals surface area contributed by atoms with Gasteiger partial charge in [-0.1, -0.05) is 12.2 Å². The van der Waals surface area contributed by atoms with E-state index in [0.717, 1.165) is 16.8 Å². The lowest BCUT2D eigenvalue weighted by molar-refractivity contribution is 1.25. The molecule has 0 atom stereocenters. The van der Waals surface area contributed by atoms with Crippen LogP contribution in [0.4, 0.5) is 11.5 Å². The lowest BCUT2D eigenvalue weighted by Crippen LogP contribution is -2.14. The van der Waals surface area contributed by atoms with E-state index in [1.807, 2.05) is 25.1 Å². The van der Waals surface area contributed by atoms with Gasteiger partial charge in [0.05, 0.1) is 5.56 Å². The Kier molecular flexibility index (Phi) is 4.39. The monoisotopic (exact) mass is 289 g/mol. The molecule has 0 saturated carbocycles. The molecule has 0 radical (unpaired) electrons. The lowest BCUT2D eigenvalue weighted by Gasteiger charge is -2.12. The zero-order valence-corrected chi connectivity index (χ0v) is 12.4. The van der Waals surface area contributed by atoms with Gasteiger partial charge in [-0.15, -0.1) is 11.8 Å². The number of benzene rings is 1. The quantitative estimate of drug-likeness (QED) is 0.666. The van der Waals surface area contributed by atoms with Crippen LogP contribution in [-0.4, -0.2) is 16.2 Å². The molecule has 0 unspecified atom stereocenters. The third-order valence-electron chi connectivity index (χ3n) is 2.76. The molecule has 0 aliphatic heterocycles. The molecule has 5 heteroatoms. The number of hydrogen-bond acceptors (Lipinski definition) is 4. The van der Waals surface area contributed by atoms with Crippen LogP contribution in [-0.2, 0) is 0 Å². The Bertz CT molecular complexity index is 594. The van der Waals surface area contributed by atoms with Gasteiger partial charge in [0.15, 0.2) is 0 Å². The summed E-state index contributed by atoms with van der Waals surface area (Å²) in [7, 11) is 0. The second-order valence-electron chi connectivity index (χ2n) is 4.07. The van der Waals surface area contributed by atoms with Crippen molar-refractivity contribution in [3.8, 4) is 0 Å². The van der Waals surface area contributed by atoms with Gasteiger partial charge in [-0.25, -0.2) is 4.98 Å². The average Bonchev–Trinajstić information content (AvgIpc) is 2.39. The molecule has 1 aromatic carbocycles. The fourth-order valence-corrected chi connectivity index (χ4v) is 2.44. The summed E-state index contributed by atoms with van der Waals surface area (Å²) in [6, 6.07) is 10.0. The van der Waals surface area contributed by atoms with Crippen molar-refractivity contribution in [3.63, 3.8) is 0 Å². The molecule has 0 fully saturated rings. The molecule has 2 aromatic rings. The van der Waals surface area contributed by atoms with Crippen molar-refractivity contribution in [1.82, 2.24) is 4.98 Å². The minimum absolute atomic E-state index is 0.355. The Balaban J connectivity index is 2.32. The molecule has 2 rings (SSSR count). The predicted molar refractivity (Wildman–Crippen MR) is 86.4 cm³/mol. The summed E-state index contributed by atoms with van der Waals surface area (Å²) in [5.41, 5.74) is 8.55. The highest BCUT2D eigenvalue weighted by Crippen LogP contribution is 2.23. The standard InChI is InChI=1S/C14H15N3S2/c1-9-7-8-16-14(12(9)13(15)18)17-10-3-5-11(19-2)6-4-10/h3-8H,1-2H3,(H2,15,18)(H,16,17). The number of nitrogens with zero attached hydrogens (tertiary/aromatic N) is 1. The summed E-state index contributed by atoms with van der Waals surface area (Å²) >= 11 is 6.80.